The molecule has 276 valence electrons. The van der Waals surface area contributed by atoms with Crippen LogP contribution in [0.3, 0.4) is 0 Å². The second kappa shape index (κ2) is 15.8. The molecule has 0 saturated carbocycles. The van der Waals surface area contributed by atoms with Gasteiger partial charge in [-0.2, -0.15) is 0 Å². The predicted molar refractivity (Wildman–Crippen MR) is 171 cm³/mol. The zero-order chi connectivity index (χ0) is 37.8. The Morgan fingerprint density at radius 2 is 1.72 bits per heavy atom. The summed E-state index contributed by atoms with van der Waals surface area (Å²) in [5.41, 5.74) is -7.09. The second-order valence-corrected chi connectivity index (χ2v) is 13.2. The Kier molecular flexibility index (Phi) is 12.7. The van der Waals surface area contributed by atoms with Gasteiger partial charge < -0.3 is 44.5 Å². The molecule has 0 radical (unpaired) electrons. The molecular formula is C35H45FO14. The minimum atomic E-state index is -3.93. The van der Waals surface area contributed by atoms with Crippen molar-refractivity contribution in [2.24, 2.45) is 17.8 Å². The van der Waals surface area contributed by atoms with E-state index >= 15 is 0 Å². The monoisotopic (exact) mass is 708 g/mol. The van der Waals surface area contributed by atoms with E-state index in [0.29, 0.717) is 17.9 Å². The van der Waals surface area contributed by atoms with Crippen LogP contribution in [0.1, 0.15) is 65.9 Å². The van der Waals surface area contributed by atoms with Crippen molar-refractivity contribution < 1.29 is 72.8 Å². The van der Waals surface area contributed by atoms with Crippen LogP contribution in [-0.4, -0.2) is 96.8 Å². The Balaban J connectivity index is 2.02. The van der Waals surface area contributed by atoms with E-state index in [1.807, 2.05) is 20.8 Å². The Morgan fingerprint density at radius 3 is 2.26 bits per heavy atom. The highest BCUT2D eigenvalue weighted by Gasteiger charge is 2.85. The Bertz CT molecular complexity index is 1510. The van der Waals surface area contributed by atoms with Gasteiger partial charge in [-0.1, -0.05) is 65.0 Å². The van der Waals surface area contributed by atoms with E-state index in [1.165, 1.54) is 18.2 Å². The number of esters is 2. The number of carbonyl (C=O) groups is 5. The number of fused-ring (bicyclic) bond motifs is 2. The number of rotatable bonds is 17. The number of hydrogen-bond donors (Lipinski definition) is 5. The third kappa shape index (κ3) is 7.75. The number of allylic oxidation sites excluding steroid dienone is 1. The first-order valence-electron chi connectivity index (χ1n) is 16.2. The molecular weight excluding hydrogens is 663 g/mol. The lowest BCUT2D eigenvalue weighted by Gasteiger charge is -2.48. The van der Waals surface area contributed by atoms with Gasteiger partial charge in [0.2, 0.25) is 23.1 Å². The average molecular weight is 709 g/mol. The van der Waals surface area contributed by atoms with E-state index in [1.54, 1.807) is 19.1 Å². The summed E-state index contributed by atoms with van der Waals surface area (Å²) in [5, 5.41) is 53.5. The summed E-state index contributed by atoms with van der Waals surface area (Å²) in [7, 11) is 0. The number of carboxylic acids is 3. The summed E-state index contributed by atoms with van der Waals surface area (Å²) in [6.07, 6.45) is -5.76. The van der Waals surface area contributed by atoms with Crippen LogP contribution >= 0.6 is 0 Å². The fourth-order valence-corrected chi connectivity index (χ4v) is 6.61. The normalized spacial score (nSPS) is 29.8. The zero-order valence-corrected chi connectivity index (χ0v) is 28.5. The summed E-state index contributed by atoms with van der Waals surface area (Å²) < 4.78 is 36.3. The van der Waals surface area contributed by atoms with Crippen molar-refractivity contribution in [1.29, 1.82) is 0 Å². The lowest BCUT2D eigenvalue weighted by Crippen LogP contribution is -2.78. The standard InChI is InChI=1S/C35H45FO14/c1-7-18(2)16-19(3)12-13-25(38)48-28-27(39)33(49-29(30(40)41)34(46,31(42)43)35(28,50-33)32(44)45)15-14-20(4)26(47-22(6)37)21(5)17-23-10-8-9-11-24(23)36/h8-13,18-19,21,26-29,39,46H,4,7,14-17H2,1-3,5-6H3,(H,40,41)(H,42,43)(H,44,45)/b13-12+/t18?,19?,21-,26-,27-,28-,29-,33-,34-,35-/m1/s1. The summed E-state index contributed by atoms with van der Waals surface area (Å²) >= 11 is 0. The lowest BCUT2D eigenvalue weighted by molar-refractivity contribution is -0.374. The lowest BCUT2D eigenvalue weighted by atomic mass is 9.74. The van der Waals surface area contributed by atoms with Crippen molar-refractivity contribution in [3.05, 3.63) is 60.0 Å². The van der Waals surface area contributed by atoms with Crippen LogP contribution in [0, 0.1) is 23.6 Å². The Hall–Kier alpha value is -4.18. The number of hydrogen-bond acceptors (Lipinski definition) is 11. The number of carbonyl (C=O) groups excluding carboxylic acids is 2. The van der Waals surface area contributed by atoms with Crippen LogP contribution in [0.4, 0.5) is 4.39 Å². The van der Waals surface area contributed by atoms with E-state index in [4.69, 9.17) is 18.9 Å². The largest absolute Gasteiger partial charge is 0.479 e. The number of benzene rings is 1. The predicted octanol–water partition coefficient (Wildman–Crippen LogP) is 3.02. The highest BCUT2D eigenvalue weighted by Crippen LogP contribution is 2.56. The van der Waals surface area contributed by atoms with E-state index in [2.05, 4.69) is 6.58 Å². The fraction of sp³-hybridized carbons (Fsp3) is 0.571. The van der Waals surface area contributed by atoms with E-state index < -0.39 is 89.4 Å². The second-order valence-electron chi connectivity index (χ2n) is 13.2. The van der Waals surface area contributed by atoms with Crippen LogP contribution < -0.4 is 0 Å². The molecule has 2 unspecified atom stereocenters. The van der Waals surface area contributed by atoms with E-state index in [-0.39, 0.29) is 24.3 Å². The van der Waals surface area contributed by atoms with Gasteiger partial charge >= 0.3 is 29.8 Å². The summed E-state index contributed by atoms with van der Waals surface area (Å²) in [6, 6.07) is 5.93. The summed E-state index contributed by atoms with van der Waals surface area (Å²) in [4.78, 5) is 62.9. The van der Waals surface area contributed by atoms with Gasteiger partial charge in [0.1, 0.15) is 18.0 Å². The quantitative estimate of drug-likeness (QED) is 0.0892. The Labute approximate surface area is 288 Å². The third-order valence-electron chi connectivity index (χ3n) is 9.38. The van der Waals surface area contributed by atoms with Crippen LogP contribution in [0.15, 0.2) is 48.6 Å². The van der Waals surface area contributed by atoms with Crippen molar-refractivity contribution in [3.8, 4) is 0 Å². The minimum Gasteiger partial charge on any atom is -0.479 e. The molecule has 2 bridgehead atoms. The molecule has 50 heavy (non-hydrogen) atoms. The first kappa shape index (κ1) is 40.3. The molecule has 2 heterocycles. The maximum atomic E-state index is 14.4. The molecule has 2 aliphatic rings. The van der Waals surface area contributed by atoms with Gasteiger partial charge in [0.25, 0.3) is 0 Å². The van der Waals surface area contributed by atoms with E-state index in [0.717, 1.165) is 19.4 Å². The highest BCUT2D eigenvalue weighted by molar-refractivity contribution is 5.98. The van der Waals surface area contributed by atoms with Crippen LogP contribution in [0.5, 0.6) is 0 Å². The van der Waals surface area contributed by atoms with Crippen LogP contribution in [0.2, 0.25) is 0 Å². The van der Waals surface area contributed by atoms with Gasteiger partial charge in [0.05, 0.1) is 0 Å². The first-order chi connectivity index (χ1) is 23.3. The molecule has 1 aromatic carbocycles. The summed E-state index contributed by atoms with van der Waals surface area (Å²) in [6.45, 7) is 12.5. The van der Waals surface area contributed by atoms with Crippen LogP contribution in [-0.2, 0) is 49.3 Å². The van der Waals surface area contributed by atoms with Gasteiger partial charge in [-0.15, -0.1) is 0 Å². The third-order valence-corrected chi connectivity index (χ3v) is 9.38. The molecule has 0 aromatic heterocycles. The smallest absolute Gasteiger partial charge is 0.344 e. The van der Waals surface area contributed by atoms with Crippen LogP contribution in [0.25, 0.3) is 0 Å². The van der Waals surface area contributed by atoms with E-state index in [9.17, 15) is 53.9 Å². The molecule has 0 spiro atoms. The topological polar surface area (TPSA) is 223 Å². The molecule has 5 N–H and O–H groups in total. The molecule has 0 amide bonds. The zero-order valence-electron chi connectivity index (χ0n) is 28.5. The number of aliphatic hydroxyl groups is 2. The molecule has 2 aliphatic heterocycles. The average Bonchev–Trinajstić information content (AvgIpc) is 3.25. The number of aliphatic hydroxyl groups excluding tert-OH is 1. The van der Waals surface area contributed by atoms with Crippen molar-refractivity contribution in [2.75, 3.05) is 0 Å². The van der Waals surface area contributed by atoms with Gasteiger partial charge in [-0.25, -0.2) is 23.6 Å². The van der Waals surface area contributed by atoms with Gasteiger partial charge in [0.15, 0.2) is 6.10 Å². The SMILES string of the molecule is C=C(CC[C@@]12O[C@H](C(=O)O)[C@@](O)(C(=O)O)[C@@](C(=O)O)(O1)[C@H](OC(=O)/C=C/C(C)CC(C)CC)[C@H]2O)[C@@H](OC(C)=O)[C@H](C)Cc1ccccc1F. The molecule has 1 aromatic rings. The molecule has 0 aliphatic carbocycles. The molecule has 14 nitrogen and oxygen atoms in total. The molecule has 3 rings (SSSR count). The highest BCUT2D eigenvalue weighted by atomic mass is 19.1. The van der Waals surface area contributed by atoms with Gasteiger partial charge in [-0.3, -0.25) is 4.79 Å². The Morgan fingerprint density at radius 1 is 1.08 bits per heavy atom. The van der Waals surface area contributed by atoms with Crippen molar-refractivity contribution in [1.82, 2.24) is 0 Å². The molecule has 2 fully saturated rings. The van der Waals surface area contributed by atoms with Crippen molar-refractivity contribution in [2.45, 2.75) is 108 Å². The number of aliphatic carboxylic acids is 3. The first-order valence-corrected chi connectivity index (χ1v) is 16.2. The fourth-order valence-electron chi connectivity index (χ4n) is 6.61. The minimum absolute atomic E-state index is 0.0841. The number of ether oxygens (including phenoxy) is 4. The number of halogens is 1. The molecule has 10 atom stereocenters. The number of carboxylic acid groups (broad SMARTS) is 3. The van der Waals surface area contributed by atoms with Gasteiger partial charge in [0, 0.05) is 25.3 Å². The summed E-state index contributed by atoms with van der Waals surface area (Å²) in [5.74, 6) is -12.4. The molecule has 2 saturated heterocycles. The maximum absolute atomic E-state index is 14.4. The van der Waals surface area contributed by atoms with Gasteiger partial charge in [-0.05, 0) is 48.3 Å². The van der Waals surface area contributed by atoms with Crippen molar-refractivity contribution >= 4 is 29.8 Å². The molecule has 15 heteroatoms. The maximum Gasteiger partial charge on any atom is 0.344 e. The van der Waals surface area contributed by atoms with Crippen molar-refractivity contribution in [3.63, 3.8) is 0 Å².